The van der Waals surface area contributed by atoms with Gasteiger partial charge >= 0.3 is 0 Å². The first-order valence-corrected chi connectivity index (χ1v) is 11.2. The van der Waals surface area contributed by atoms with Gasteiger partial charge in [0.15, 0.2) is 5.69 Å². The Morgan fingerprint density at radius 3 is 2.69 bits per heavy atom. The molecule has 2 fully saturated rings. The number of carbonyl (C=O) groups is 1. The third-order valence-electron chi connectivity index (χ3n) is 5.57. The molecule has 5 rings (SSSR count). The molecule has 0 unspecified atom stereocenters. The summed E-state index contributed by atoms with van der Waals surface area (Å²) in [6.07, 6.45) is 2.28. The van der Waals surface area contributed by atoms with Gasteiger partial charge in [0.2, 0.25) is 0 Å². The number of nitrogens with zero attached hydrogens (tertiary/aromatic N) is 3. The van der Waals surface area contributed by atoms with Crippen LogP contribution in [0.15, 0.2) is 47.0 Å². The summed E-state index contributed by atoms with van der Waals surface area (Å²) in [4.78, 5) is 19.5. The quantitative estimate of drug-likeness (QED) is 0.581. The van der Waals surface area contributed by atoms with Crippen LogP contribution in [0.3, 0.4) is 0 Å². The second-order valence-corrected chi connectivity index (χ2v) is 9.28. The molecule has 0 atom stereocenters. The first kappa shape index (κ1) is 18.9. The molecule has 1 aliphatic heterocycles. The van der Waals surface area contributed by atoms with E-state index < -0.39 is 0 Å². The zero-order valence-corrected chi connectivity index (χ0v) is 17.6. The molecule has 2 aromatic heterocycles. The van der Waals surface area contributed by atoms with Crippen LogP contribution in [0.2, 0.25) is 5.02 Å². The SMILES string of the molecule is O=C(c1cc(C2CC2)on1)N1CCN(Cc2ccc(-c3ccccc3Cl)s2)CC1. The lowest BCUT2D eigenvalue weighted by molar-refractivity contribution is 0.0619. The Kier molecular flexibility index (Phi) is 5.16. The molecule has 0 spiro atoms. The van der Waals surface area contributed by atoms with Crippen molar-refractivity contribution < 1.29 is 9.32 Å². The number of rotatable bonds is 5. The number of aromatic nitrogens is 1. The highest BCUT2D eigenvalue weighted by Gasteiger charge is 2.30. The number of carbonyl (C=O) groups excluding carboxylic acids is 1. The van der Waals surface area contributed by atoms with Crippen LogP contribution in [0, 0.1) is 0 Å². The van der Waals surface area contributed by atoms with E-state index >= 15 is 0 Å². The van der Waals surface area contributed by atoms with Crippen LogP contribution in [-0.2, 0) is 6.54 Å². The molecule has 29 heavy (non-hydrogen) atoms. The minimum Gasteiger partial charge on any atom is -0.360 e. The molecule has 7 heteroatoms. The van der Waals surface area contributed by atoms with E-state index in [-0.39, 0.29) is 5.91 Å². The summed E-state index contributed by atoms with van der Waals surface area (Å²) in [5.41, 5.74) is 1.53. The second-order valence-electron chi connectivity index (χ2n) is 7.70. The van der Waals surface area contributed by atoms with E-state index in [2.05, 4.69) is 28.3 Å². The fraction of sp³-hybridized carbons (Fsp3) is 0.364. The summed E-state index contributed by atoms with van der Waals surface area (Å²) in [6, 6.07) is 14.1. The molecule has 1 aromatic carbocycles. The van der Waals surface area contributed by atoms with Gasteiger partial charge in [-0.2, -0.15) is 0 Å². The normalized spacial score (nSPS) is 17.6. The first-order valence-electron chi connectivity index (χ1n) is 9.99. The molecule has 150 valence electrons. The molecule has 0 N–H and O–H groups in total. The van der Waals surface area contributed by atoms with Gasteiger partial charge in [-0.1, -0.05) is 35.0 Å². The first-order chi connectivity index (χ1) is 14.2. The molecule has 1 amide bonds. The topological polar surface area (TPSA) is 49.6 Å². The molecule has 3 aromatic rings. The zero-order chi connectivity index (χ0) is 19.8. The van der Waals surface area contributed by atoms with Crippen LogP contribution in [0.1, 0.15) is 39.9 Å². The number of halogens is 1. The number of benzene rings is 1. The standard InChI is InChI=1S/C22H22ClN3O2S/c23-18-4-2-1-3-17(18)21-8-7-16(29-21)14-25-9-11-26(12-10-25)22(27)19-13-20(28-24-19)15-5-6-15/h1-4,7-8,13,15H,5-6,9-12,14H2. The van der Waals surface area contributed by atoms with Crippen molar-refractivity contribution in [1.82, 2.24) is 15.0 Å². The maximum absolute atomic E-state index is 12.7. The lowest BCUT2D eigenvalue weighted by atomic mass is 10.2. The van der Waals surface area contributed by atoms with E-state index in [0.29, 0.717) is 24.7 Å². The number of hydrogen-bond donors (Lipinski definition) is 0. The Morgan fingerprint density at radius 1 is 1.14 bits per heavy atom. The second kappa shape index (κ2) is 7.94. The van der Waals surface area contributed by atoms with Gasteiger partial charge < -0.3 is 9.42 Å². The molecular formula is C22H22ClN3O2S. The average molecular weight is 428 g/mol. The van der Waals surface area contributed by atoms with Gasteiger partial charge in [-0.25, -0.2) is 0 Å². The highest BCUT2D eigenvalue weighted by Crippen LogP contribution is 2.40. The summed E-state index contributed by atoms with van der Waals surface area (Å²) in [5.74, 6) is 1.32. The minimum absolute atomic E-state index is 0.0163. The van der Waals surface area contributed by atoms with Crippen molar-refractivity contribution in [2.24, 2.45) is 0 Å². The van der Waals surface area contributed by atoms with Gasteiger partial charge in [0.25, 0.3) is 5.91 Å². The van der Waals surface area contributed by atoms with Crippen molar-refractivity contribution in [2.75, 3.05) is 26.2 Å². The number of amides is 1. The third-order valence-corrected chi connectivity index (χ3v) is 7.00. The minimum atomic E-state index is -0.0163. The van der Waals surface area contributed by atoms with Crippen molar-refractivity contribution in [2.45, 2.75) is 25.3 Å². The van der Waals surface area contributed by atoms with Gasteiger partial charge in [0.1, 0.15) is 5.76 Å². The average Bonchev–Trinajstić information content (AvgIpc) is 3.29. The molecule has 2 aliphatic rings. The van der Waals surface area contributed by atoms with Crippen molar-refractivity contribution in [3.8, 4) is 10.4 Å². The highest BCUT2D eigenvalue weighted by atomic mass is 35.5. The van der Waals surface area contributed by atoms with Crippen molar-refractivity contribution in [1.29, 1.82) is 0 Å². The van der Waals surface area contributed by atoms with Crippen molar-refractivity contribution in [3.05, 3.63) is 63.8 Å². The highest BCUT2D eigenvalue weighted by molar-refractivity contribution is 7.15. The smallest absolute Gasteiger partial charge is 0.276 e. The van der Waals surface area contributed by atoms with E-state index in [1.165, 1.54) is 9.75 Å². The van der Waals surface area contributed by atoms with Gasteiger partial charge in [-0.15, -0.1) is 11.3 Å². The molecule has 5 nitrogen and oxygen atoms in total. The summed E-state index contributed by atoms with van der Waals surface area (Å²) >= 11 is 8.11. The van der Waals surface area contributed by atoms with Crippen LogP contribution in [0.5, 0.6) is 0 Å². The van der Waals surface area contributed by atoms with E-state index in [4.69, 9.17) is 16.1 Å². The summed E-state index contributed by atoms with van der Waals surface area (Å²) in [7, 11) is 0. The summed E-state index contributed by atoms with van der Waals surface area (Å²) in [5, 5.41) is 4.77. The Bertz CT molecular complexity index is 1020. The number of piperazine rings is 1. The van der Waals surface area contributed by atoms with E-state index in [9.17, 15) is 4.79 Å². The van der Waals surface area contributed by atoms with Gasteiger partial charge in [0, 0.05) is 65.0 Å². The number of hydrogen-bond acceptors (Lipinski definition) is 5. The summed E-state index contributed by atoms with van der Waals surface area (Å²) in [6.45, 7) is 4.05. The maximum Gasteiger partial charge on any atom is 0.276 e. The molecule has 1 saturated carbocycles. The molecular weight excluding hydrogens is 406 g/mol. The largest absolute Gasteiger partial charge is 0.360 e. The molecule has 0 radical (unpaired) electrons. The van der Waals surface area contributed by atoms with Gasteiger partial charge in [-0.3, -0.25) is 9.69 Å². The predicted molar refractivity (Wildman–Crippen MR) is 114 cm³/mol. The third kappa shape index (κ3) is 4.10. The zero-order valence-electron chi connectivity index (χ0n) is 16.0. The Labute approximate surface area is 178 Å². The molecule has 1 aliphatic carbocycles. The van der Waals surface area contributed by atoms with Crippen molar-refractivity contribution in [3.63, 3.8) is 0 Å². The van der Waals surface area contributed by atoms with E-state index in [1.54, 1.807) is 11.3 Å². The van der Waals surface area contributed by atoms with E-state index in [1.807, 2.05) is 29.2 Å². The van der Waals surface area contributed by atoms with Crippen LogP contribution in [-0.4, -0.2) is 47.0 Å². The summed E-state index contributed by atoms with van der Waals surface area (Å²) < 4.78 is 5.33. The van der Waals surface area contributed by atoms with E-state index in [0.717, 1.165) is 48.8 Å². The maximum atomic E-state index is 12.7. The van der Waals surface area contributed by atoms with Gasteiger partial charge in [-0.05, 0) is 31.0 Å². The molecule has 0 bridgehead atoms. The van der Waals surface area contributed by atoms with Crippen molar-refractivity contribution >= 4 is 28.8 Å². The Morgan fingerprint density at radius 2 is 1.93 bits per heavy atom. The molecule has 1 saturated heterocycles. The van der Waals surface area contributed by atoms with Gasteiger partial charge in [0.05, 0.1) is 0 Å². The monoisotopic (exact) mass is 427 g/mol. The predicted octanol–water partition coefficient (Wildman–Crippen LogP) is 4.89. The lowest BCUT2D eigenvalue weighted by Crippen LogP contribution is -2.48. The fourth-order valence-corrected chi connectivity index (χ4v) is 5.09. The van der Waals surface area contributed by atoms with Crippen LogP contribution in [0.25, 0.3) is 10.4 Å². The Hall–Kier alpha value is -2.15. The van der Waals surface area contributed by atoms with Crippen LogP contribution < -0.4 is 0 Å². The lowest BCUT2D eigenvalue weighted by Gasteiger charge is -2.34. The van der Waals surface area contributed by atoms with Crippen LogP contribution >= 0.6 is 22.9 Å². The van der Waals surface area contributed by atoms with Crippen LogP contribution in [0.4, 0.5) is 0 Å². The number of thiophene rings is 1. The molecule has 3 heterocycles. The fourth-order valence-electron chi connectivity index (χ4n) is 3.71. The Balaban J connectivity index is 1.17.